The maximum Gasteiger partial charge on any atom is 0.308 e. The lowest BCUT2D eigenvalue weighted by Gasteiger charge is -2.19. The zero-order valence-corrected chi connectivity index (χ0v) is 11.3. The number of esters is 1. The first-order valence-electron chi connectivity index (χ1n) is 5.82. The van der Waals surface area contributed by atoms with E-state index in [2.05, 4.69) is 0 Å². The van der Waals surface area contributed by atoms with Gasteiger partial charge in [-0.05, 0) is 20.8 Å². The summed E-state index contributed by atoms with van der Waals surface area (Å²) >= 11 is 0. The lowest BCUT2D eigenvalue weighted by atomic mass is 10.2. The van der Waals surface area contributed by atoms with Crippen LogP contribution in [-0.4, -0.2) is 51.7 Å². The second-order valence-electron chi connectivity index (χ2n) is 4.55. The Labute approximate surface area is 103 Å². The lowest BCUT2D eigenvalue weighted by Crippen LogP contribution is -2.24. The monoisotopic (exact) mass is 248 g/mol. The second-order valence-corrected chi connectivity index (χ2v) is 4.55. The lowest BCUT2D eigenvalue weighted by molar-refractivity contribution is -0.156. The Morgan fingerprint density at radius 3 is 2.00 bits per heavy atom. The average Bonchev–Trinajstić information content (AvgIpc) is 2.19. The van der Waals surface area contributed by atoms with Gasteiger partial charge in [0.05, 0.1) is 39.5 Å². The van der Waals surface area contributed by atoms with Gasteiger partial charge < -0.3 is 18.9 Å². The van der Waals surface area contributed by atoms with Crippen molar-refractivity contribution in [1.29, 1.82) is 0 Å². The number of methoxy groups -OCH3 is 1. The second kappa shape index (κ2) is 9.39. The van der Waals surface area contributed by atoms with E-state index in [1.165, 1.54) is 0 Å². The van der Waals surface area contributed by atoms with Crippen molar-refractivity contribution in [3.8, 4) is 0 Å². The van der Waals surface area contributed by atoms with Crippen LogP contribution in [0.5, 0.6) is 0 Å². The number of rotatable bonds is 9. The highest BCUT2D eigenvalue weighted by atomic mass is 16.6. The molecule has 0 amide bonds. The smallest absolute Gasteiger partial charge is 0.308 e. The molecule has 0 bridgehead atoms. The van der Waals surface area contributed by atoms with Gasteiger partial charge in [-0.2, -0.15) is 0 Å². The molecule has 5 nitrogen and oxygen atoms in total. The Hall–Kier alpha value is -0.650. The highest BCUT2D eigenvalue weighted by molar-refractivity contribution is 5.69. The summed E-state index contributed by atoms with van der Waals surface area (Å²) in [5.74, 6) is -0.238. The van der Waals surface area contributed by atoms with E-state index in [4.69, 9.17) is 18.9 Å². The molecule has 0 atom stereocenters. The maximum absolute atomic E-state index is 11.3. The molecule has 0 unspecified atom stereocenters. The molecule has 102 valence electrons. The van der Waals surface area contributed by atoms with Crippen molar-refractivity contribution < 1.29 is 23.7 Å². The molecule has 0 rings (SSSR count). The van der Waals surface area contributed by atoms with Crippen LogP contribution in [0.4, 0.5) is 0 Å². The molecule has 0 aliphatic rings. The van der Waals surface area contributed by atoms with Gasteiger partial charge in [0.1, 0.15) is 5.60 Å². The summed E-state index contributed by atoms with van der Waals surface area (Å²) in [7, 11) is 1.63. The van der Waals surface area contributed by atoms with Crippen LogP contribution in [0.3, 0.4) is 0 Å². The van der Waals surface area contributed by atoms with E-state index in [0.29, 0.717) is 33.0 Å². The van der Waals surface area contributed by atoms with Crippen LogP contribution in [-0.2, 0) is 23.7 Å². The largest absolute Gasteiger partial charge is 0.460 e. The molecule has 0 spiro atoms. The van der Waals surface area contributed by atoms with Gasteiger partial charge in [-0.25, -0.2) is 0 Å². The number of ether oxygens (including phenoxy) is 4. The van der Waals surface area contributed by atoms with Crippen LogP contribution >= 0.6 is 0 Å². The summed E-state index contributed by atoms with van der Waals surface area (Å²) in [6, 6.07) is 0. The van der Waals surface area contributed by atoms with Crippen molar-refractivity contribution in [2.45, 2.75) is 32.8 Å². The number of carbonyl (C=O) groups excluding carboxylic acids is 1. The molecule has 0 heterocycles. The normalized spacial score (nSPS) is 11.5. The third-order valence-electron chi connectivity index (χ3n) is 1.67. The zero-order chi connectivity index (χ0) is 13.1. The van der Waals surface area contributed by atoms with E-state index in [1.54, 1.807) is 7.11 Å². The van der Waals surface area contributed by atoms with E-state index in [9.17, 15) is 4.79 Å². The highest BCUT2D eigenvalue weighted by Gasteiger charge is 2.15. The number of carbonyl (C=O) groups is 1. The van der Waals surface area contributed by atoms with Crippen LogP contribution < -0.4 is 0 Å². The summed E-state index contributed by atoms with van der Waals surface area (Å²) in [6.45, 7) is 8.02. The molecule has 0 saturated heterocycles. The third-order valence-corrected chi connectivity index (χ3v) is 1.67. The standard InChI is InChI=1S/C12H24O5/c1-12(2,3)17-11(13)5-6-15-9-10-16-8-7-14-4/h5-10H2,1-4H3. The molecule has 0 fully saturated rings. The SMILES string of the molecule is COCCOCCOCCC(=O)OC(C)(C)C. The fourth-order valence-electron chi connectivity index (χ4n) is 1.01. The van der Waals surface area contributed by atoms with Gasteiger partial charge in [0.25, 0.3) is 0 Å². The summed E-state index contributed by atoms with van der Waals surface area (Å²) in [4.78, 5) is 11.3. The van der Waals surface area contributed by atoms with Crippen LogP contribution in [0.2, 0.25) is 0 Å². The Balaban J connectivity index is 3.25. The predicted molar refractivity (Wildman–Crippen MR) is 64.0 cm³/mol. The topological polar surface area (TPSA) is 54.0 Å². The van der Waals surface area contributed by atoms with Gasteiger partial charge in [0.2, 0.25) is 0 Å². The Morgan fingerprint density at radius 2 is 1.47 bits per heavy atom. The van der Waals surface area contributed by atoms with Crippen LogP contribution in [0, 0.1) is 0 Å². The first-order chi connectivity index (χ1) is 7.95. The van der Waals surface area contributed by atoms with Gasteiger partial charge in [0, 0.05) is 7.11 Å². The molecular formula is C12H24O5. The quantitative estimate of drug-likeness (QED) is 0.456. The molecule has 0 aliphatic carbocycles. The Bertz CT molecular complexity index is 198. The van der Waals surface area contributed by atoms with Crippen molar-refractivity contribution >= 4 is 5.97 Å². The average molecular weight is 248 g/mol. The maximum atomic E-state index is 11.3. The van der Waals surface area contributed by atoms with Crippen molar-refractivity contribution in [2.75, 3.05) is 40.1 Å². The van der Waals surface area contributed by atoms with Gasteiger partial charge in [-0.3, -0.25) is 4.79 Å². The summed E-state index contributed by atoms with van der Waals surface area (Å²) in [5, 5.41) is 0. The van der Waals surface area contributed by atoms with E-state index in [-0.39, 0.29) is 12.4 Å². The highest BCUT2D eigenvalue weighted by Crippen LogP contribution is 2.07. The molecular weight excluding hydrogens is 224 g/mol. The molecule has 0 N–H and O–H groups in total. The molecule has 0 radical (unpaired) electrons. The van der Waals surface area contributed by atoms with E-state index >= 15 is 0 Å². The summed E-state index contributed by atoms with van der Waals surface area (Å²) in [6.07, 6.45) is 0.273. The molecule has 0 aromatic rings. The molecule has 0 aromatic carbocycles. The molecule has 0 saturated carbocycles. The van der Waals surface area contributed by atoms with Gasteiger partial charge in [-0.15, -0.1) is 0 Å². The van der Waals surface area contributed by atoms with Crippen molar-refractivity contribution in [3.05, 3.63) is 0 Å². The Kier molecular flexibility index (Phi) is 9.03. The van der Waals surface area contributed by atoms with Crippen molar-refractivity contribution in [1.82, 2.24) is 0 Å². The Morgan fingerprint density at radius 1 is 0.941 bits per heavy atom. The summed E-state index contributed by atoms with van der Waals surface area (Å²) in [5.41, 5.74) is -0.430. The van der Waals surface area contributed by atoms with E-state index < -0.39 is 5.60 Å². The fraction of sp³-hybridized carbons (Fsp3) is 0.917. The van der Waals surface area contributed by atoms with E-state index in [0.717, 1.165) is 0 Å². The number of hydrogen-bond donors (Lipinski definition) is 0. The minimum Gasteiger partial charge on any atom is -0.460 e. The van der Waals surface area contributed by atoms with Crippen molar-refractivity contribution in [3.63, 3.8) is 0 Å². The molecule has 5 heteroatoms. The minimum atomic E-state index is -0.430. The van der Waals surface area contributed by atoms with Crippen LogP contribution in [0.25, 0.3) is 0 Å². The number of hydrogen-bond acceptors (Lipinski definition) is 5. The fourth-order valence-corrected chi connectivity index (χ4v) is 1.01. The molecule has 0 aromatic heterocycles. The third kappa shape index (κ3) is 13.3. The molecule has 17 heavy (non-hydrogen) atoms. The van der Waals surface area contributed by atoms with Gasteiger partial charge in [0.15, 0.2) is 0 Å². The summed E-state index contributed by atoms with van der Waals surface area (Å²) < 4.78 is 20.4. The molecule has 0 aliphatic heterocycles. The first-order valence-corrected chi connectivity index (χ1v) is 5.82. The minimum absolute atomic E-state index is 0.238. The predicted octanol–water partition coefficient (Wildman–Crippen LogP) is 1.40. The van der Waals surface area contributed by atoms with Crippen molar-refractivity contribution in [2.24, 2.45) is 0 Å². The van der Waals surface area contributed by atoms with Gasteiger partial charge >= 0.3 is 5.97 Å². The van der Waals surface area contributed by atoms with E-state index in [1.807, 2.05) is 20.8 Å². The van der Waals surface area contributed by atoms with Crippen LogP contribution in [0.15, 0.2) is 0 Å². The first kappa shape index (κ1) is 16.4. The van der Waals surface area contributed by atoms with Gasteiger partial charge in [-0.1, -0.05) is 0 Å². The van der Waals surface area contributed by atoms with Crippen LogP contribution in [0.1, 0.15) is 27.2 Å². The zero-order valence-electron chi connectivity index (χ0n) is 11.3.